The van der Waals surface area contributed by atoms with Crippen molar-refractivity contribution in [1.82, 2.24) is 4.90 Å². The third-order valence-corrected chi connectivity index (χ3v) is 3.60. The van der Waals surface area contributed by atoms with Gasteiger partial charge in [0, 0.05) is 25.2 Å². The van der Waals surface area contributed by atoms with Gasteiger partial charge in [-0.2, -0.15) is 0 Å². The van der Waals surface area contributed by atoms with E-state index in [1.54, 1.807) is 5.57 Å². The second kappa shape index (κ2) is 4.45. The summed E-state index contributed by atoms with van der Waals surface area (Å²) < 4.78 is 0. The molecule has 1 fully saturated rings. The molecule has 0 spiro atoms. The van der Waals surface area contributed by atoms with Crippen LogP contribution in [0.25, 0.3) is 0 Å². The molecule has 0 saturated carbocycles. The van der Waals surface area contributed by atoms with E-state index < -0.39 is 0 Å². The first-order valence-electron chi connectivity index (χ1n) is 5.93. The third-order valence-electron chi connectivity index (χ3n) is 3.60. The maximum atomic E-state index is 5.95. The van der Waals surface area contributed by atoms with Crippen molar-refractivity contribution in [3.05, 3.63) is 11.6 Å². The molecule has 1 saturated heterocycles. The second-order valence-corrected chi connectivity index (χ2v) is 4.86. The SMILES string of the molecule is CC1CC(N)CCN1CC1=CCCC1. The highest BCUT2D eigenvalue weighted by atomic mass is 15.2. The molecule has 80 valence electrons. The van der Waals surface area contributed by atoms with Crippen LogP contribution in [0.4, 0.5) is 0 Å². The molecule has 2 N–H and O–H groups in total. The quantitative estimate of drug-likeness (QED) is 0.680. The van der Waals surface area contributed by atoms with E-state index in [1.165, 1.54) is 45.2 Å². The first-order valence-corrected chi connectivity index (χ1v) is 5.93. The van der Waals surface area contributed by atoms with Gasteiger partial charge >= 0.3 is 0 Å². The Hall–Kier alpha value is -0.340. The lowest BCUT2D eigenvalue weighted by Crippen LogP contribution is -2.46. The van der Waals surface area contributed by atoms with Crippen LogP contribution in [-0.4, -0.2) is 30.1 Å². The highest BCUT2D eigenvalue weighted by Gasteiger charge is 2.23. The number of hydrogen-bond acceptors (Lipinski definition) is 2. The van der Waals surface area contributed by atoms with Crippen LogP contribution in [0.5, 0.6) is 0 Å². The van der Waals surface area contributed by atoms with Crippen LogP contribution in [0.2, 0.25) is 0 Å². The largest absolute Gasteiger partial charge is 0.328 e. The summed E-state index contributed by atoms with van der Waals surface area (Å²) in [5, 5.41) is 0. The molecule has 2 aliphatic rings. The fraction of sp³-hybridized carbons (Fsp3) is 0.833. The van der Waals surface area contributed by atoms with Crippen LogP contribution >= 0.6 is 0 Å². The van der Waals surface area contributed by atoms with E-state index in [1.807, 2.05) is 0 Å². The highest BCUT2D eigenvalue weighted by Crippen LogP contribution is 2.22. The van der Waals surface area contributed by atoms with Gasteiger partial charge < -0.3 is 5.73 Å². The predicted molar refractivity (Wildman–Crippen MR) is 60.2 cm³/mol. The molecule has 2 rings (SSSR count). The molecule has 14 heavy (non-hydrogen) atoms. The second-order valence-electron chi connectivity index (χ2n) is 4.86. The molecule has 0 aromatic carbocycles. The average Bonchev–Trinajstić information content (AvgIpc) is 2.62. The molecular weight excluding hydrogens is 172 g/mol. The molecule has 2 atom stereocenters. The molecular formula is C12H22N2. The summed E-state index contributed by atoms with van der Waals surface area (Å²) in [6.45, 7) is 4.71. The molecule has 1 aliphatic heterocycles. The zero-order valence-corrected chi connectivity index (χ0v) is 9.21. The van der Waals surface area contributed by atoms with Gasteiger partial charge in [-0.15, -0.1) is 0 Å². The standard InChI is InChI=1S/C12H22N2/c1-10-8-12(13)6-7-14(10)9-11-4-2-3-5-11/h4,10,12H,2-3,5-9,13H2,1H3. The van der Waals surface area contributed by atoms with Gasteiger partial charge in [0.15, 0.2) is 0 Å². The maximum absolute atomic E-state index is 5.95. The third kappa shape index (κ3) is 2.37. The Morgan fingerprint density at radius 1 is 1.57 bits per heavy atom. The predicted octanol–water partition coefficient (Wildman–Crippen LogP) is 1.91. The van der Waals surface area contributed by atoms with Gasteiger partial charge in [-0.25, -0.2) is 0 Å². The van der Waals surface area contributed by atoms with Crippen molar-refractivity contribution in [2.45, 2.75) is 51.1 Å². The van der Waals surface area contributed by atoms with Gasteiger partial charge in [-0.1, -0.05) is 11.6 Å². The van der Waals surface area contributed by atoms with Crippen molar-refractivity contribution in [3.8, 4) is 0 Å². The van der Waals surface area contributed by atoms with Gasteiger partial charge in [0.2, 0.25) is 0 Å². The molecule has 0 amide bonds. The van der Waals surface area contributed by atoms with E-state index in [4.69, 9.17) is 5.73 Å². The number of hydrogen-bond donors (Lipinski definition) is 1. The van der Waals surface area contributed by atoms with E-state index in [0.717, 1.165) is 0 Å². The van der Waals surface area contributed by atoms with Crippen molar-refractivity contribution in [2.75, 3.05) is 13.1 Å². The topological polar surface area (TPSA) is 29.3 Å². The van der Waals surface area contributed by atoms with E-state index in [-0.39, 0.29) is 0 Å². The van der Waals surface area contributed by atoms with Crippen LogP contribution in [0.15, 0.2) is 11.6 Å². The summed E-state index contributed by atoms with van der Waals surface area (Å²) in [5.74, 6) is 0. The van der Waals surface area contributed by atoms with Crippen molar-refractivity contribution >= 4 is 0 Å². The lowest BCUT2D eigenvalue weighted by molar-refractivity contribution is 0.160. The van der Waals surface area contributed by atoms with Gasteiger partial charge in [0.25, 0.3) is 0 Å². The smallest absolute Gasteiger partial charge is 0.0195 e. The fourth-order valence-electron chi connectivity index (χ4n) is 2.63. The van der Waals surface area contributed by atoms with Gasteiger partial charge in [-0.3, -0.25) is 4.90 Å². The number of piperidine rings is 1. The van der Waals surface area contributed by atoms with Gasteiger partial charge in [0.05, 0.1) is 0 Å². The van der Waals surface area contributed by atoms with Crippen LogP contribution in [0, 0.1) is 0 Å². The molecule has 2 heteroatoms. The Balaban J connectivity index is 1.85. The Bertz CT molecular complexity index is 222. The summed E-state index contributed by atoms with van der Waals surface area (Å²) in [6, 6.07) is 1.12. The van der Waals surface area contributed by atoms with E-state index in [0.29, 0.717) is 12.1 Å². The molecule has 1 aliphatic carbocycles. The molecule has 0 bridgehead atoms. The maximum Gasteiger partial charge on any atom is 0.0195 e. The summed E-state index contributed by atoms with van der Waals surface area (Å²) in [4.78, 5) is 2.60. The van der Waals surface area contributed by atoms with Gasteiger partial charge in [-0.05, 0) is 39.0 Å². The Morgan fingerprint density at radius 2 is 2.43 bits per heavy atom. The Morgan fingerprint density at radius 3 is 3.07 bits per heavy atom. The summed E-state index contributed by atoms with van der Waals surface area (Å²) >= 11 is 0. The number of nitrogens with zero attached hydrogens (tertiary/aromatic N) is 1. The Kier molecular flexibility index (Phi) is 3.24. The first-order chi connectivity index (χ1) is 6.75. The van der Waals surface area contributed by atoms with Crippen molar-refractivity contribution in [3.63, 3.8) is 0 Å². The number of likely N-dealkylation sites (tertiary alicyclic amines) is 1. The zero-order valence-electron chi connectivity index (χ0n) is 9.21. The zero-order chi connectivity index (χ0) is 9.97. The molecule has 0 aromatic rings. The lowest BCUT2D eigenvalue weighted by atomic mass is 9.98. The highest BCUT2D eigenvalue weighted by molar-refractivity contribution is 5.10. The minimum Gasteiger partial charge on any atom is -0.328 e. The number of allylic oxidation sites excluding steroid dienone is 1. The first kappa shape index (κ1) is 10.2. The molecule has 2 nitrogen and oxygen atoms in total. The van der Waals surface area contributed by atoms with Crippen LogP contribution in [-0.2, 0) is 0 Å². The fourth-order valence-corrected chi connectivity index (χ4v) is 2.63. The number of rotatable bonds is 2. The monoisotopic (exact) mass is 194 g/mol. The molecule has 2 unspecified atom stereocenters. The van der Waals surface area contributed by atoms with E-state index in [9.17, 15) is 0 Å². The summed E-state index contributed by atoms with van der Waals surface area (Å²) in [6.07, 6.45) is 8.79. The average molecular weight is 194 g/mol. The lowest BCUT2D eigenvalue weighted by Gasteiger charge is -2.36. The van der Waals surface area contributed by atoms with E-state index >= 15 is 0 Å². The Labute approximate surface area is 87.2 Å². The van der Waals surface area contributed by atoms with Gasteiger partial charge in [0.1, 0.15) is 0 Å². The van der Waals surface area contributed by atoms with Crippen molar-refractivity contribution in [1.29, 1.82) is 0 Å². The van der Waals surface area contributed by atoms with Crippen LogP contribution in [0.3, 0.4) is 0 Å². The van der Waals surface area contributed by atoms with Crippen molar-refractivity contribution < 1.29 is 0 Å². The normalized spacial score (nSPS) is 34.6. The van der Waals surface area contributed by atoms with E-state index in [2.05, 4.69) is 17.9 Å². The summed E-state index contributed by atoms with van der Waals surface area (Å²) in [7, 11) is 0. The minimum atomic E-state index is 0.443. The van der Waals surface area contributed by atoms with Crippen LogP contribution in [0.1, 0.15) is 39.0 Å². The van der Waals surface area contributed by atoms with Crippen molar-refractivity contribution in [2.24, 2.45) is 5.73 Å². The minimum absolute atomic E-state index is 0.443. The molecule has 0 aromatic heterocycles. The number of nitrogens with two attached hydrogens (primary N) is 1. The molecule has 0 radical (unpaired) electrons. The molecule has 1 heterocycles. The van der Waals surface area contributed by atoms with Crippen LogP contribution < -0.4 is 5.73 Å². The summed E-state index contributed by atoms with van der Waals surface area (Å²) in [5.41, 5.74) is 7.61.